The van der Waals surface area contributed by atoms with Gasteiger partial charge in [0.1, 0.15) is 5.82 Å². The summed E-state index contributed by atoms with van der Waals surface area (Å²) in [5.74, 6) is 1.07. The van der Waals surface area contributed by atoms with Crippen LogP contribution in [0.25, 0.3) is 5.52 Å². The molecule has 0 aliphatic rings. The van der Waals surface area contributed by atoms with E-state index in [1.165, 1.54) is 11.1 Å². The fourth-order valence-electron chi connectivity index (χ4n) is 2.13. The second-order valence-corrected chi connectivity index (χ2v) is 5.34. The van der Waals surface area contributed by atoms with E-state index in [0.29, 0.717) is 0 Å². The van der Waals surface area contributed by atoms with Crippen LogP contribution in [0.5, 0.6) is 0 Å². The van der Waals surface area contributed by atoms with Gasteiger partial charge in [0.2, 0.25) is 0 Å². The highest BCUT2D eigenvalue weighted by molar-refractivity contribution is 9.10. The summed E-state index contributed by atoms with van der Waals surface area (Å²) in [6.45, 7) is 2.14. The molecule has 1 aromatic carbocycles. The number of benzene rings is 1. The van der Waals surface area contributed by atoms with Gasteiger partial charge in [0.25, 0.3) is 0 Å². The molecule has 0 amide bonds. The minimum Gasteiger partial charge on any atom is -0.302 e. The van der Waals surface area contributed by atoms with Crippen molar-refractivity contribution in [3.63, 3.8) is 0 Å². The lowest BCUT2D eigenvalue weighted by atomic mass is 10.1. The molecule has 0 radical (unpaired) electrons. The van der Waals surface area contributed by atoms with E-state index in [0.717, 1.165) is 22.2 Å². The number of rotatable bonds is 2. The molecule has 18 heavy (non-hydrogen) atoms. The summed E-state index contributed by atoms with van der Waals surface area (Å²) in [6, 6.07) is 12.6. The average molecular weight is 301 g/mol. The van der Waals surface area contributed by atoms with E-state index in [1.54, 1.807) is 0 Å². The third-order valence-electron chi connectivity index (χ3n) is 3.18. The third-order valence-corrected chi connectivity index (χ3v) is 3.65. The van der Waals surface area contributed by atoms with Gasteiger partial charge >= 0.3 is 0 Å². The van der Waals surface area contributed by atoms with Crippen LogP contribution >= 0.6 is 15.9 Å². The first-order valence-corrected chi connectivity index (χ1v) is 6.69. The lowest BCUT2D eigenvalue weighted by Crippen LogP contribution is -1.98. The van der Waals surface area contributed by atoms with Crippen LogP contribution in [0.1, 0.15) is 17.0 Å². The quantitative estimate of drug-likeness (QED) is 0.699. The van der Waals surface area contributed by atoms with E-state index in [1.807, 2.05) is 12.3 Å². The molecule has 3 rings (SSSR count). The van der Waals surface area contributed by atoms with E-state index >= 15 is 0 Å². The largest absolute Gasteiger partial charge is 0.302 e. The molecule has 2 nitrogen and oxygen atoms in total. The smallest absolute Gasteiger partial charge is 0.117 e. The van der Waals surface area contributed by atoms with Crippen molar-refractivity contribution in [2.45, 2.75) is 13.3 Å². The number of halogens is 1. The normalized spacial score (nSPS) is 11.0. The van der Waals surface area contributed by atoms with Crippen LogP contribution in [0, 0.1) is 6.92 Å². The first-order chi connectivity index (χ1) is 8.74. The Kier molecular flexibility index (Phi) is 2.92. The maximum Gasteiger partial charge on any atom is 0.117 e. The molecule has 3 heteroatoms. The number of aryl methyl sites for hydroxylation is 1. The summed E-state index contributed by atoms with van der Waals surface area (Å²) in [5, 5.41) is 0. The van der Waals surface area contributed by atoms with Crippen molar-refractivity contribution in [2.24, 2.45) is 0 Å². The van der Waals surface area contributed by atoms with Crippen LogP contribution in [-0.2, 0) is 6.42 Å². The van der Waals surface area contributed by atoms with Gasteiger partial charge in [-0.25, -0.2) is 4.98 Å². The van der Waals surface area contributed by atoms with Gasteiger partial charge in [-0.3, -0.25) is 0 Å². The summed E-state index contributed by atoms with van der Waals surface area (Å²) in [6.07, 6.45) is 4.84. The van der Waals surface area contributed by atoms with Gasteiger partial charge in [0, 0.05) is 17.1 Å². The average Bonchev–Trinajstić information content (AvgIpc) is 2.75. The maximum absolute atomic E-state index is 4.51. The molecule has 0 atom stereocenters. The van der Waals surface area contributed by atoms with Crippen molar-refractivity contribution < 1.29 is 0 Å². The van der Waals surface area contributed by atoms with Gasteiger partial charge in [-0.05, 0) is 46.1 Å². The molecule has 0 N–H and O–H groups in total. The standard InChI is InChI=1S/C15H13BrN2/c1-11-4-2-3-5-12(11)8-15-17-9-14-7-6-13(16)10-18(14)15/h2-7,9-10H,8H2,1H3. The highest BCUT2D eigenvalue weighted by Crippen LogP contribution is 2.17. The third kappa shape index (κ3) is 2.06. The van der Waals surface area contributed by atoms with Crippen LogP contribution in [0.2, 0.25) is 0 Å². The fraction of sp³-hybridized carbons (Fsp3) is 0.133. The molecule has 0 aliphatic carbocycles. The van der Waals surface area contributed by atoms with Gasteiger partial charge in [0.15, 0.2) is 0 Å². The highest BCUT2D eigenvalue weighted by Gasteiger charge is 2.06. The van der Waals surface area contributed by atoms with Gasteiger partial charge in [-0.15, -0.1) is 0 Å². The summed E-state index contributed by atoms with van der Waals surface area (Å²) >= 11 is 3.50. The van der Waals surface area contributed by atoms with Crippen LogP contribution in [0.4, 0.5) is 0 Å². The molecule has 0 saturated heterocycles. The van der Waals surface area contributed by atoms with E-state index in [-0.39, 0.29) is 0 Å². The number of fused-ring (bicyclic) bond motifs is 1. The van der Waals surface area contributed by atoms with Crippen molar-refractivity contribution in [3.8, 4) is 0 Å². The topological polar surface area (TPSA) is 17.3 Å². The monoisotopic (exact) mass is 300 g/mol. The predicted molar refractivity (Wildman–Crippen MR) is 76.9 cm³/mol. The van der Waals surface area contributed by atoms with E-state index < -0.39 is 0 Å². The minimum atomic E-state index is 0.858. The Morgan fingerprint density at radius 2 is 2.00 bits per heavy atom. The zero-order valence-electron chi connectivity index (χ0n) is 10.1. The van der Waals surface area contributed by atoms with Crippen molar-refractivity contribution in [1.82, 2.24) is 9.38 Å². The Balaban J connectivity index is 2.05. The van der Waals surface area contributed by atoms with Crippen LogP contribution in [-0.4, -0.2) is 9.38 Å². The first-order valence-electron chi connectivity index (χ1n) is 5.90. The Hall–Kier alpha value is -1.61. The molecule has 2 heterocycles. The summed E-state index contributed by atoms with van der Waals surface area (Å²) in [4.78, 5) is 4.51. The number of imidazole rings is 1. The predicted octanol–water partition coefficient (Wildman–Crippen LogP) is 4.00. The second kappa shape index (κ2) is 4.58. The number of nitrogens with zero attached hydrogens (tertiary/aromatic N) is 2. The number of pyridine rings is 1. The van der Waals surface area contributed by atoms with Crippen molar-refractivity contribution >= 4 is 21.4 Å². The number of aromatic nitrogens is 2. The zero-order chi connectivity index (χ0) is 12.5. The van der Waals surface area contributed by atoms with Crippen LogP contribution in [0.3, 0.4) is 0 Å². The lowest BCUT2D eigenvalue weighted by Gasteiger charge is -2.05. The van der Waals surface area contributed by atoms with E-state index in [4.69, 9.17) is 0 Å². The molecule has 0 bridgehead atoms. The van der Waals surface area contributed by atoms with Crippen molar-refractivity contribution in [1.29, 1.82) is 0 Å². The molecular formula is C15H13BrN2. The molecule has 0 saturated carbocycles. The summed E-state index contributed by atoms with van der Waals surface area (Å²) in [5.41, 5.74) is 3.76. The molecular weight excluding hydrogens is 288 g/mol. The summed E-state index contributed by atoms with van der Waals surface area (Å²) in [7, 11) is 0. The van der Waals surface area contributed by atoms with Gasteiger partial charge in [-0.1, -0.05) is 24.3 Å². The summed E-state index contributed by atoms with van der Waals surface area (Å²) < 4.78 is 3.20. The van der Waals surface area contributed by atoms with Crippen LogP contribution < -0.4 is 0 Å². The Morgan fingerprint density at radius 1 is 1.17 bits per heavy atom. The fourth-order valence-corrected chi connectivity index (χ4v) is 2.46. The van der Waals surface area contributed by atoms with Crippen molar-refractivity contribution in [2.75, 3.05) is 0 Å². The highest BCUT2D eigenvalue weighted by atomic mass is 79.9. The molecule has 0 aliphatic heterocycles. The molecule has 2 aromatic heterocycles. The van der Waals surface area contributed by atoms with Gasteiger partial charge in [0.05, 0.1) is 11.7 Å². The first kappa shape index (κ1) is 11.5. The number of hydrogen-bond acceptors (Lipinski definition) is 1. The minimum absolute atomic E-state index is 0.858. The second-order valence-electron chi connectivity index (χ2n) is 4.42. The van der Waals surface area contributed by atoms with E-state index in [2.05, 4.69) is 68.8 Å². The Bertz CT molecular complexity index is 701. The van der Waals surface area contributed by atoms with Gasteiger partial charge in [-0.2, -0.15) is 0 Å². The molecule has 0 spiro atoms. The van der Waals surface area contributed by atoms with Crippen molar-refractivity contribution in [3.05, 3.63) is 70.2 Å². The molecule has 0 fully saturated rings. The van der Waals surface area contributed by atoms with Gasteiger partial charge < -0.3 is 4.40 Å². The van der Waals surface area contributed by atoms with Crippen LogP contribution in [0.15, 0.2) is 53.3 Å². The Labute approximate surface area is 114 Å². The lowest BCUT2D eigenvalue weighted by molar-refractivity contribution is 0.952. The van der Waals surface area contributed by atoms with E-state index in [9.17, 15) is 0 Å². The zero-order valence-corrected chi connectivity index (χ0v) is 11.7. The number of hydrogen-bond donors (Lipinski definition) is 0. The molecule has 3 aromatic rings. The molecule has 90 valence electrons. The maximum atomic E-state index is 4.51. The SMILES string of the molecule is Cc1ccccc1Cc1ncc2ccc(Br)cn12. The molecule has 0 unspecified atom stereocenters. The Morgan fingerprint density at radius 3 is 2.83 bits per heavy atom.